The quantitative estimate of drug-likeness (QED) is 0.267. The van der Waals surface area contributed by atoms with Crippen molar-refractivity contribution in [2.75, 3.05) is 11.9 Å². The second-order valence-electron chi connectivity index (χ2n) is 10.2. The average Bonchev–Trinajstić information content (AvgIpc) is 3.36. The molecule has 1 amide bonds. The van der Waals surface area contributed by atoms with Crippen LogP contribution in [0, 0.1) is 0 Å². The van der Waals surface area contributed by atoms with Crippen molar-refractivity contribution in [3.63, 3.8) is 0 Å². The van der Waals surface area contributed by atoms with Gasteiger partial charge in [-0.3, -0.25) is 14.4 Å². The van der Waals surface area contributed by atoms with Crippen LogP contribution in [0.15, 0.2) is 18.6 Å². The summed E-state index contributed by atoms with van der Waals surface area (Å²) in [7, 11) is 0. The van der Waals surface area contributed by atoms with E-state index in [0.717, 1.165) is 25.7 Å². The van der Waals surface area contributed by atoms with Crippen LogP contribution in [0.5, 0.6) is 0 Å². The molecule has 2 aromatic rings. The van der Waals surface area contributed by atoms with Gasteiger partial charge in [0.15, 0.2) is 17.9 Å². The predicted octanol–water partition coefficient (Wildman–Crippen LogP) is 2.95. The molecule has 4 heterocycles. The van der Waals surface area contributed by atoms with Gasteiger partial charge in [-0.1, -0.05) is 39.5 Å². The number of carbonyl (C=O) groups is 3. The third-order valence-electron chi connectivity index (χ3n) is 7.14. The van der Waals surface area contributed by atoms with Crippen LogP contribution >= 0.6 is 0 Å². The Kier molecular flexibility index (Phi) is 8.86. The normalized spacial score (nSPS) is 24.3. The highest BCUT2D eigenvalue weighted by Gasteiger charge is 2.60. The van der Waals surface area contributed by atoms with Gasteiger partial charge < -0.3 is 34.9 Å². The number of unbranched alkanes of at least 4 members (excludes halogenated alkanes) is 4. The molecule has 4 N–H and O–H groups in total. The molecule has 0 radical (unpaired) electrons. The predicted molar refractivity (Wildman–Crippen MR) is 142 cm³/mol. The molecule has 4 atom stereocenters. The Bertz CT molecular complexity index is 1260. The number of aliphatic hydroxyl groups is 1. The van der Waals surface area contributed by atoms with Gasteiger partial charge >= 0.3 is 11.9 Å². The molecule has 2 aliphatic rings. The highest BCUT2D eigenvalue weighted by Crippen LogP contribution is 2.46. The van der Waals surface area contributed by atoms with E-state index in [1.54, 1.807) is 17.7 Å². The maximum atomic E-state index is 13.0. The van der Waals surface area contributed by atoms with Gasteiger partial charge in [0, 0.05) is 36.4 Å². The smallest absolute Gasteiger partial charge is 0.306 e. The van der Waals surface area contributed by atoms with Crippen LogP contribution in [-0.4, -0.2) is 61.9 Å². The molecule has 0 aliphatic carbocycles. The van der Waals surface area contributed by atoms with Crippen molar-refractivity contribution in [3.8, 4) is 0 Å². The average molecular weight is 544 g/mol. The largest absolute Gasteiger partial charge is 0.455 e. The van der Waals surface area contributed by atoms with Crippen molar-refractivity contribution in [2.45, 2.75) is 96.2 Å². The van der Waals surface area contributed by atoms with E-state index in [4.69, 9.17) is 19.9 Å². The summed E-state index contributed by atoms with van der Waals surface area (Å²) in [5, 5.41) is 13.4. The van der Waals surface area contributed by atoms with Crippen LogP contribution in [0.4, 0.5) is 5.82 Å². The van der Waals surface area contributed by atoms with Crippen LogP contribution < -0.4 is 11.1 Å². The maximum Gasteiger partial charge on any atom is 0.306 e. The summed E-state index contributed by atoms with van der Waals surface area (Å²) >= 11 is 0. The molecule has 0 saturated carbocycles. The molecular formula is C27H37N5O7. The topological polar surface area (TPSA) is 168 Å². The van der Waals surface area contributed by atoms with Crippen molar-refractivity contribution in [1.29, 1.82) is 0 Å². The number of nitrogens with zero attached hydrogens (tertiary/aromatic N) is 3. The van der Waals surface area contributed by atoms with Crippen LogP contribution in [-0.2, 0) is 28.6 Å². The standard InChI is InChI=1S/C27H37N5O7/c1-4-6-8-10-20(35)38-23-18(14-33)37-26(27(23,3)39-21(36)11-9-7-5-2)32-13-16-17(28)12-19(34)31-24-22(16)25(32)30-15-29-24/h12-13,15,18,23,26,33H,4-11,14,28H2,1-3H3,(H,29,30,31,34). The van der Waals surface area contributed by atoms with Gasteiger partial charge in [0.1, 0.15) is 23.9 Å². The van der Waals surface area contributed by atoms with Crippen LogP contribution in [0.2, 0.25) is 0 Å². The van der Waals surface area contributed by atoms with Crippen molar-refractivity contribution in [3.05, 3.63) is 24.2 Å². The first-order chi connectivity index (χ1) is 18.7. The minimum Gasteiger partial charge on any atom is -0.455 e. The lowest BCUT2D eigenvalue weighted by Gasteiger charge is -2.35. The zero-order valence-electron chi connectivity index (χ0n) is 22.6. The van der Waals surface area contributed by atoms with Gasteiger partial charge in [-0.15, -0.1) is 0 Å². The molecule has 4 unspecified atom stereocenters. The van der Waals surface area contributed by atoms with Crippen molar-refractivity contribution >= 4 is 40.4 Å². The van der Waals surface area contributed by atoms with Gasteiger partial charge in [-0.25, -0.2) is 9.97 Å². The number of nitrogens with one attached hydrogen (secondary N) is 1. The Hall–Kier alpha value is -3.51. The molecule has 2 aromatic heterocycles. The van der Waals surface area contributed by atoms with Crippen molar-refractivity contribution < 1.29 is 33.7 Å². The van der Waals surface area contributed by atoms with Crippen molar-refractivity contribution in [2.24, 2.45) is 5.73 Å². The van der Waals surface area contributed by atoms with E-state index in [0.29, 0.717) is 29.4 Å². The number of carbonyl (C=O) groups excluding carboxylic acids is 3. The Morgan fingerprint density at radius 3 is 2.51 bits per heavy atom. The number of amides is 1. The third kappa shape index (κ3) is 5.76. The molecule has 2 aliphatic heterocycles. The number of esters is 2. The van der Waals surface area contributed by atoms with Crippen LogP contribution in [0.25, 0.3) is 16.7 Å². The fourth-order valence-electron chi connectivity index (χ4n) is 5.15. The zero-order valence-corrected chi connectivity index (χ0v) is 22.6. The molecule has 39 heavy (non-hydrogen) atoms. The summed E-state index contributed by atoms with van der Waals surface area (Å²) < 4.78 is 19.8. The maximum absolute atomic E-state index is 13.0. The Morgan fingerprint density at radius 1 is 1.15 bits per heavy atom. The third-order valence-corrected chi connectivity index (χ3v) is 7.14. The van der Waals surface area contributed by atoms with E-state index in [2.05, 4.69) is 15.3 Å². The summed E-state index contributed by atoms with van der Waals surface area (Å²) in [5.41, 5.74) is 5.75. The SMILES string of the molecule is CCCCCC(=O)OC1C(CO)OC(n2cc3c4c(ncnc42)NC(=O)C=C3N)C1(C)OC(=O)CCCCC. The molecule has 12 nitrogen and oxygen atoms in total. The van der Waals surface area contributed by atoms with Gasteiger partial charge in [0.2, 0.25) is 0 Å². The van der Waals surface area contributed by atoms with E-state index >= 15 is 0 Å². The minimum absolute atomic E-state index is 0.183. The van der Waals surface area contributed by atoms with Gasteiger partial charge in [-0.05, 0) is 19.8 Å². The molecule has 212 valence electrons. The number of hydrogen-bond acceptors (Lipinski definition) is 10. The molecule has 4 rings (SSSR count). The van der Waals surface area contributed by atoms with Crippen LogP contribution in [0.3, 0.4) is 0 Å². The van der Waals surface area contributed by atoms with Crippen LogP contribution in [0.1, 0.15) is 83.9 Å². The first kappa shape index (κ1) is 28.5. The molecule has 0 spiro atoms. The van der Waals surface area contributed by atoms with E-state index in [1.165, 1.54) is 12.4 Å². The highest BCUT2D eigenvalue weighted by atomic mass is 16.7. The van der Waals surface area contributed by atoms with Crippen molar-refractivity contribution in [1.82, 2.24) is 14.5 Å². The van der Waals surface area contributed by atoms with Gasteiger partial charge in [0.25, 0.3) is 5.91 Å². The lowest BCUT2D eigenvalue weighted by molar-refractivity contribution is -0.187. The summed E-state index contributed by atoms with van der Waals surface area (Å²) in [5.74, 6) is -1.08. The molecule has 0 bridgehead atoms. The Morgan fingerprint density at radius 2 is 1.85 bits per heavy atom. The second-order valence-corrected chi connectivity index (χ2v) is 10.2. The molecular weight excluding hydrogens is 506 g/mol. The number of rotatable bonds is 12. The number of aromatic nitrogens is 3. The zero-order chi connectivity index (χ0) is 28.2. The lowest BCUT2D eigenvalue weighted by atomic mass is 9.95. The fourth-order valence-corrected chi connectivity index (χ4v) is 5.15. The number of hydrogen-bond donors (Lipinski definition) is 3. The molecule has 1 saturated heterocycles. The number of ether oxygens (including phenoxy) is 3. The monoisotopic (exact) mass is 543 g/mol. The number of aliphatic hydroxyl groups excluding tert-OH is 1. The minimum atomic E-state index is -1.52. The van der Waals surface area contributed by atoms with E-state index in [-0.39, 0.29) is 24.4 Å². The fraction of sp³-hybridized carbons (Fsp3) is 0.593. The number of anilines is 1. The summed E-state index contributed by atoms with van der Waals surface area (Å²) in [6.07, 6.45) is 6.39. The summed E-state index contributed by atoms with van der Waals surface area (Å²) in [6.45, 7) is 5.23. The second kappa shape index (κ2) is 12.1. The summed E-state index contributed by atoms with van der Waals surface area (Å²) in [4.78, 5) is 46.6. The first-order valence-electron chi connectivity index (χ1n) is 13.5. The number of nitrogens with two attached hydrogens (primary N) is 1. The summed E-state index contributed by atoms with van der Waals surface area (Å²) in [6, 6.07) is 0. The lowest BCUT2D eigenvalue weighted by Crippen LogP contribution is -2.50. The molecule has 12 heteroatoms. The Labute approximate surface area is 226 Å². The van der Waals surface area contributed by atoms with E-state index in [9.17, 15) is 19.5 Å². The Balaban J connectivity index is 1.76. The molecule has 0 aromatic carbocycles. The van der Waals surface area contributed by atoms with E-state index < -0.39 is 48.5 Å². The van der Waals surface area contributed by atoms with Gasteiger partial charge in [0.05, 0.1) is 12.0 Å². The van der Waals surface area contributed by atoms with E-state index in [1.807, 2.05) is 13.8 Å². The highest BCUT2D eigenvalue weighted by molar-refractivity contribution is 6.13. The van der Waals surface area contributed by atoms with Gasteiger partial charge in [-0.2, -0.15) is 0 Å². The molecule has 1 fully saturated rings. The first-order valence-corrected chi connectivity index (χ1v) is 13.5.